The highest BCUT2D eigenvalue weighted by Gasteiger charge is 2.18. The maximum absolute atomic E-state index is 5.34. The molecule has 1 heteroatoms. The minimum absolute atomic E-state index is 0.925. The summed E-state index contributed by atoms with van der Waals surface area (Å²) in [4.78, 5) is 5.34. The van der Waals surface area contributed by atoms with E-state index in [0.29, 0.717) is 0 Å². The smallest absolute Gasteiger partial charge is 0.0746 e. The Hall–Kier alpha value is -5.53. The molecule has 0 radical (unpaired) electrons. The summed E-state index contributed by atoms with van der Waals surface area (Å²) < 4.78 is 0. The summed E-state index contributed by atoms with van der Waals surface area (Å²) in [7, 11) is 0. The molecule has 0 aliphatic heterocycles. The first-order valence-electron chi connectivity index (χ1n) is 14.9. The van der Waals surface area contributed by atoms with Crippen molar-refractivity contribution in [2.24, 2.45) is 4.99 Å². The van der Waals surface area contributed by atoms with Crippen LogP contribution in [0.15, 0.2) is 170 Å². The van der Waals surface area contributed by atoms with Crippen LogP contribution in [0.4, 0.5) is 5.69 Å². The van der Waals surface area contributed by atoms with Crippen molar-refractivity contribution in [3.8, 4) is 0 Å². The predicted octanol–water partition coefficient (Wildman–Crippen LogP) is 11.5. The van der Waals surface area contributed by atoms with E-state index in [-0.39, 0.29) is 0 Å². The summed E-state index contributed by atoms with van der Waals surface area (Å²) in [5.41, 5.74) is 12.5. The van der Waals surface area contributed by atoms with Crippen LogP contribution in [0.3, 0.4) is 0 Å². The van der Waals surface area contributed by atoms with Crippen LogP contribution >= 0.6 is 0 Å². The van der Waals surface area contributed by atoms with Gasteiger partial charge in [0.15, 0.2) is 0 Å². The number of allylic oxidation sites excluding steroid dienone is 2. The van der Waals surface area contributed by atoms with Crippen molar-refractivity contribution in [3.63, 3.8) is 0 Å². The van der Waals surface area contributed by atoms with Crippen LogP contribution in [0.1, 0.15) is 45.9 Å². The molecule has 0 spiro atoms. The van der Waals surface area contributed by atoms with E-state index >= 15 is 0 Å². The lowest BCUT2D eigenvalue weighted by Crippen LogP contribution is -2.00. The number of rotatable bonds is 8. The van der Waals surface area contributed by atoms with Gasteiger partial charge in [-0.3, -0.25) is 4.99 Å². The van der Waals surface area contributed by atoms with Crippen LogP contribution in [-0.2, 0) is 0 Å². The van der Waals surface area contributed by atoms with E-state index in [2.05, 4.69) is 167 Å². The van der Waals surface area contributed by atoms with Crippen molar-refractivity contribution in [3.05, 3.63) is 204 Å². The molecule has 0 saturated heterocycles. The van der Waals surface area contributed by atoms with Crippen LogP contribution in [0.5, 0.6) is 0 Å². The normalized spacial score (nSPS) is 11.9. The first kappa shape index (κ1) is 28.6. The maximum Gasteiger partial charge on any atom is 0.0746 e. The predicted molar refractivity (Wildman–Crippen MR) is 191 cm³/mol. The van der Waals surface area contributed by atoms with Crippen molar-refractivity contribution in [2.75, 3.05) is 0 Å². The van der Waals surface area contributed by atoms with Gasteiger partial charge in [0.25, 0.3) is 0 Å². The number of aliphatic imine (C=N–C) groups is 1. The van der Waals surface area contributed by atoms with Gasteiger partial charge in [-0.25, -0.2) is 0 Å². The minimum atomic E-state index is 0.925. The Labute approximate surface area is 260 Å². The second kappa shape index (κ2) is 12.8. The quantitative estimate of drug-likeness (QED) is 0.129. The summed E-state index contributed by atoms with van der Waals surface area (Å²) in [5.74, 6) is 0. The molecule has 0 bridgehead atoms. The maximum atomic E-state index is 5.34. The second-order valence-corrected chi connectivity index (χ2v) is 11.0. The van der Waals surface area contributed by atoms with Gasteiger partial charge in [0.05, 0.1) is 5.69 Å². The molecule has 6 rings (SSSR count). The standard InChI is InChI=1S/C43H35N/c1-30(34-17-8-5-9-18-34)29-42(37-21-12-7-13-22-37)39-27-28-40(31(2)38-26-16-24-36-23-14-15-25-41(36)38)43(32(39)3)44-33(4)35-19-10-6-11-20-35/h5-29H,1-2H2,3-4H3/b42-29-,44-33?. The molecule has 0 aromatic heterocycles. The van der Waals surface area contributed by atoms with E-state index in [9.17, 15) is 0 Å². The van der Waals surface area contributed by atoms with Crippen LogP contribution in [0.25, 0.3) is 27.5 Å². The fourth-order valence-corrected chi connectivity index (χ4v) is 5.77. The van der Waals surface area contributed by atoms with E-state index < -0.39 is 0 Å². The van der Waals surface area contributed by atoms with Gasteiger partial charge in [-0.15, -0.1) is 0 Å². The van der Waals surface area contributed by atoms with Gasteiger partial charge in [0.2, 0.25) is 0 Å². The highest BCUT2D eigenvalue weighted by molar-refractivity contribution is 6.04. The number of benzene rings is 6. The number of hydrogen-bond acceptors (Lipinski definition) is 1. The van der Waals surface area contributed by atoms with Gasteiger partial charge >= 0.3 is 0 Å². The molecule has 212 valence electrons. The number of hydrogen-bond donors (Lipinski definition) is 0. The van der Waals surface area contributed by atoms with Crippen molar-refractivity contribution in [1.82, 2.24) is 0 Å². The van der Waals surface area contributed by atoms with Crippen LogP contribution < -0.4 is 0 Å². The Morgan fingerprint density at radius 3 is 1.77 bits per heavy atom. The summed E-state index contributed by atoms with van der Waals surface area (Å²) in [5, 5.41) is 2.37. The molecule has 0 unspecified atom stereocenters. The van der Waals surface area contributed by atoms with Crippen LogP contribution in [0, 0.1) is 6.92 Å². The lowest BCUT2D eigenvalue weighted by molar-refractivity contribution is 1.33. The molecule has 0 fully saturated rings. The van der Waals surface area contributed by atoms with Gasteiger partial charge in [0.1, 0.15) is 0 Å². The summed E-state index contributed by atoms with van der Waals surface area (Å²) in [6.45, 7) is 13.4. The second-order valence-electron chi connectivity index (χ2n) is 11.0. The topological polar surface area (TPSA) is 12.4 Å². The van der Waals surface area contributed by atoms with E-state index in [1.54, 1.807) is 0 Å². The Morgan fingerprint density at radius 1 is 0.545 bits per heavy atom. The molecule has 0 N–H and O–H groups in total. The molecule has 1 nitrogen and oxygen atoms in total. The van der Waals surface area contributed by atoms with E-state index in [4.69, 9.17) is 4.99 Å². The lowest BCUT2D eigenvalue weighted by Gasteiger charge is -2.19. The fraction of sp³-hybridized carbons (Fsp3) is 0.0465. The van der Waals surface area contributed by atoms with Gasteiger partial charge in [-0.2, -0.15) is 0 Å². The average molecular weight is 566 g/mol. The zero-order valence-electron chi connectivity index (χ0n) is 25.3. The molecule has 0 atom stereocenters. The molecular formula is C43H35N. The third kappa shape index (κ3) is 5.86. The van der Waals surface area contributed by atoms with Gasteiger partial charge in [-0.1, -0.05) is 159 Å². The van der Waals surface area contributed by atoms with Crippen LogP contribution in [-0.4, -0.2) is 5.71 Å². The molecule has 0 saturated carbocycles. The Balaban J connectivity index is 1.57. The molecule has 44 heavy (non-hydrogen) atoms. The van der Waals surface area contributed by atoms with E-state index in [0.717, 1.165) is 67.1 Å². The monoisotopic (exact) mass is 565 g/mol. The summed E-state index contributed by atoms with van der Waals surface area (Å²) >= 11 is 0. The fourth-order valence-electron chi connectivity index (χ4n) is 5.77. The molecule has 0 aliphatic rings. The Kier molecular flexibility index (Phi) is 8.30. The Bertz CT molecular complexity index is 2020. The minimum Gasteiger partial charge on any atom is -0.252 e. The van der Waals surface area contributed by atoms with Gasteiger partial charge in [0, 0.05) is 11.3 Å². The molecule has 6 aromatic carbocycles. The molecular weight excluding hydrogens is 530 g/mol. The molecule has 0 heterocycles. The molecule has 6 aromatic rings. The van der Waals surface area contributed by atoms with Gasteiger partial charge in [-0.05, 0) is 80.8 Å². The zero-order valence-corrected chi connectivity index (χ0v) is 25.3. The molecule has 0 amide bonds. The largest absolute Gasteiger partial charge is 0.252 e. The average Bonchev–Trinajstić information content (AvgIpc) is 3.08. The first-order valence-corrected chi connectivity index (χ1v) is 14.9. The van der Waals surface area contributed by atoms with Gasteiger partial charge < -0.3 is 0 Å². The van der Waals surface area contributed by atoms with E-state index in [1.165, 1.54) is 10.8 Å². The zero-order chi connectivity index (χ0) is 30.5. The van der Waals surface area contributed by atoms with Crippen molar-refractivity contribution < 1.29 is 0 Å². The lowest BCUT2D eigenvalue weighted by atomic mass is 9.86. The first-order chi connectivity index (χ1) is 21.5. The highest BCUT2D eigenvalue weighted by atomic mass is 14.8. The van der Waals surface area contributed by atoms with E-state index in [1.807, 2.05) is 12.1 Å². The van der Waals surface area contributed by atoms with Crippen molar-refractivity contribution in [2.45, 2.75) is 13.8 Å². The third-order valence-corrected chi connectivity index (χ3v) is 8.18. The highest BCUT2D eigenvalue weighted by Crippen LogP contribution is 2.40. The van der Waals surface area contributed by atoms with Crippen molar-refractivity contribution >= 4 is 38.9 Å². The summed E-state index contributed by atoms with van der Waals surface area (Å²) in [6, 6.07) is 50.5. The number of nitrogens with zero attached hydrogens (tertiary/aromatic N) is 1. The Morgan fingerprint density at radius 2 is 1.09 bits per heavy atom. The third-order valence-electron chi connectivity index (χ3n) is 8.18. The SMILES string of the molecule is C=C(/C=C(/c1ccccc1)c1ccc(C(=C)c2cccc3ccccc23)c(N=C(C)c2ccccc2)c1C)c1ccccc1. The number of fused-ring (bicyclic) bond motifs is 1. The van der Waals surface area contributed by atoms with Crippen LogP contribution in [0.2, 0.25) is 0 Å². The van der Waals surface area contributed by atoms with Crippen molar-refractivity contribution in [1.29, 1.82) is 0 Å². The summed E-state index contributed by atoms with van der Waals surface area (Å²) in [6.07, 6.45) is 2.20. The molecule has 0 aliphatic carbocycles.